The largest absolute Gasteiger partial charge is 0.106 e. The molecular formula is C128H2. The van der Waals surface area contributed by atoms with Gasteiger partial charge in [0.05, 0.1) is 0 Å². The lowest BCUT2D eigenvalue weighted by Crippen LogP contribution is -1.57. The van der Waals surface area contributed by atoms with Crippen molar-refractivity contribution >= 4 is 0 Å². The van der Waals surface area contributed by atoms with Gasteiger partial charge in [0, 0.05) is 651 Å². The molecule has 0 atom stereocenters. The molecule has 0 saturated heterocycles. The van der Waals surface area contributed by atoms with Gasteiger partial charge in [0.25, 0.3) is 0 Å². The van der Waals surface area contributed by atoms with Gasteiger partial charge in [-0.2, -0.15) is 0 Å². The average Bonchev–Trinajstić information content (AvgIpc) is 1.15. The summed E-state index contributed by atoms with van der Waals surface area (Å²) in [7, 11) is 0. The summed E-state index contributed by atoms with van der Waals surface area (Å²) in [6, 6.07) is 0. The Kier molecular flexibility index (Phi) is 77.1. The first-order valence-electron chi connectivity index (χ1n) is 31.8. The second-order valence-corrected chi connectivity index (χ2v) is 15.8. The summed E-state index contributed by atoms with van der Waals surface area (Å²) in [4.78, 5) is 0. The van der Waals surface area contributed by atoms with Gasteiger partial charge < -0.3 is 0 Å². The van der Waals surface area contributed by atoms with Crippen LogP contribution >= 0.6 is 0 Å². The first-order chi connectivity index (χ1) is 63.9. The van der Waals surface area contributed by atoms with Gasteiger partial charge in [-0.05, 0) is 94.7 Å². The van der Waals surface area contributed by atoms with E-state index in [9.17, 15) is 0 Å². The number of hydrogen-bond acceptors (Lipinski definition) is 0. The molecular weight excluding hydrogens is 1540 g/mol. The molecule has 0 fully saturated rings. The van der Waals surface area contributed by atoms with Gasteiger partial charge in [-0.1, -0.05) is 0 Å². The van der Waals surface area contributed by atoms with E-state index in [0.717, 1.165) is 0 Å². The van der Waals surface area contributed by atoms with Gasteiger partial charge in [0.1, 0.15) is 0 Å². The summed E-state index contributed by atoms with van der Waals surface area (Å²) in [6.45, 7) is 0. The van der Waals surface area contributed by atoms with Crippen molar-refractivity contribution in [3.63, 3.8) is 0 Å². The molecule has 0 N–H and O–H groups in total. The fourth-order valence-corrected chi connectivity index (χ4v) is 3.88. The third kappa shape index (κ3) is 97.8. The van der Waals surface area contributed by atoms with E-state index in [0.29, 0.717) is 0 Å². The summed E-state index contributed by atoms with van der Waals surface area (Å²) in [6.07, 6.45) is 9.91. The molecule has 0 aliphatic carbocycles. The van der Waals surface area contributed by atoms with Gasteiger partial charge in [-0.25, -0.2) is 0 Å². The molecule has 0 heterocycles. The maximum absolute atomic E-state index is 4.96. The van der Waals surface area contributed by atoms with E-state index in [1.165, 1.54) is 0 Å². The summed E-state index contributed by atoms with van der Waals surface area (Å²) in [5.41, 5.74) is 0. The highest BCUT2D eigenvalue weighted by Crippen LogP contribution is 1.70. The van der Waals surface area contributed by atoms with Crippen LogP contribution in [0, 0.1) is 759 Å². The molecule has 0 aromatic heterocycles. The van der Waals surface area contributed by atoms with Crippen LogP contribution in [0.25, 0.3) is 0 Å². The lowest BCUT2D eigenvalue weighted by Gasteiger charge is -1.58. The van der Waals surface area contributed by atoms with Crippen molar-refractivity contribution in [3.05, 3.63) is 0 Å². The Labute approximate surface area is 753 Å². The zero-order chi connectivity index (χ0) is 91.1. The van der Waals surface area contributed by atoms with Crippen LogP contribution in [-0.4, -0.2) is 0 Å². The van der Waals surface area contributed by atoms with Crippen molar-refractivity contribution < 1.29 is 0 Å². The van der Waals surface area contributed by atoms with E-state index in [2.05, 4.69) is 746 Å². The molecule has 0 bridgehead atoms. The highest BCUT2D eigenvalue weighted by atomic mass is 13.7. The molecule has 0 aromatic carbocycles. The standard InChI is InChI=1S/C128H2/c1-3-5-7-9-11-13-15-17-19-21-23-25-27-29-31-33-35-37-39-41-43-45-47-49-51-53-55-57-59-61-63-65-67-69-71-73-75-77-79-81-83-85-87-89-91-93-95-97-99-101-103-105-107-109-111-113-115-117-119-121-123-125-127-128-126-124-122-120-118-116-114-112-110-108-106-104-102-100-98-96-94-92-90-88-86-84-82-80-78-76-74-72-70-68-66-64-62-60-58-56-54-52-50-48-46-44-42-40-38-36-34-32-30-28-26-24-22-20-18-16-14-12-10-8-6-4-2/h1-2H. The van der Waals surface area contributed by atoms with E-state index < -0.39 is 0 Å². The predicted octanol–water partition coefficient (Wildman–Crippen LogP) is 0.464. The minimum atomic E-state index is 2.12. The minimum Gasteiger partial charge on any atom is -0.106 e. The van der Waals surface area contributed by atoms with E-state index in [4.69, 9.17) is 12.8 Å². The van der Waals surface area contributed by atoms with E-state index in [1.807, 2.05) is 0 Å². The zero-order valence-corrected chi connectivity index (χ0v) is 64.2. The molecule has 0 saturated carbocycles. The Bertz CT molecular complexity index is 8530. The maximum Gasteiger partial charge on any atom is 0 e. The van der Waals surface area contributed by atoms with Crippen LogP contribution in [0.5, 0.6) is 0 Å². The second-order valence-electron chi connectivity index (χ2n) is 15.8. The van der Waals surface area contributed by atoms with Crippen molar-refractivity contribution in [2.45, 2.75) is 0 Å². The molecule has 514 valence electrons. The Morgan fingerprint density at radius 3 is 0.0859 bits per heavy atom. The highest BCUT2D eigenvalue weighted by Gasteiger charge is 1.70. The van der Waals surface area contributed by atoms with Crippen LogP contribution in [-0.2, 0) is 0 Å². The lowest BCUT2D eigenvalue weighted by atomic mass is 10.4. The summed E-state index contributed by atoms with van der Waals surface area (Å²) < 4.78 is 0. The molecule has 128 heavy (non-hydrogen) atoms. The quantitative estimate of drug-likeness (QED) is 0.310. The summed E-state index contributed by atoms with van der Waals surface area (Å²) >= 11 is 0. The first kappa shape index (κ1) is 99.8. The topological polar surface area (TPSA) is 0 Å². The van der Waals surface area contributed by atoms with E-state index in [1.54, 1.807) is 0 Å². The van der Waals surface area contributed by atoms with Crippen LogP contribution in [0.1, 0.15) is 0 Å². The van der Waals surface area contributed by atoms with Crippen molar-refractivity contribution in [2.75, 3.05) is 0 Å². The second kappa shape index (κ2) is 98.8. The van der Waals surface area contributed by atoms with Gasteiger partial charge >= 0.3 is 0 Å². The molecule has 0 radical (unpaired) electrons. The zero-order valence-electron chi connectivity index (χ0n) is 64.2. The van der Waals surface area contributed by atoms with Crippen LogP contribution in [0.2, 0.25) is 0 Å². The molecule has 0 unspecified atom stereocenters. The first-order valence-corrected chi connectivity index (χ1v) is 31.8. The fourth-order valence-electron chi connectivity index (χ4n) is 3.88. The predicted molar refractivity (Wildman–Crippen MR) is 500 cm³/mol. The van der Waals surface area contributed by atoms with E-state index in [-0.39, 0.29) is 0 Å². The van der Waals surface area contributed by atoms with Crippen molar-refractivity contribution in [1.29, 1.82) is 0 Å². The molecule has 0 heteroatoms. The smallest absolute Gasteiger partial charge is 0 e. The fraction of sp³-hybridized carbons (Fsp3) is 0. The number of rotatable bonds is 0. The molecule has 0 amide bonds. The third-order valence-corrected chi connectivity index (χ3v) is 7.83. The van der Waals surface area contributed by atoms with Crippen LogP contribution in [0.3, 0.4) is 0 Å². The molecule has 0 aliphatic heterocycles. The molecule has 0 spiro atoms. The Balaban J connectivity index is 4.65. The van der Waals surface area contributed by atoms with Crippen LogP contribution in [0.15, 0.2) is 0 Å². The Morgan fingerprint density at radius 1 is 0.0391 bits per heavy atom. The average molecular weight is 1540 g/mol. The molecule has 0 nitrogen and oxygen atoms in total. The van der Waals surface area contributed by atoms with Crippen molar-refractivity contribution in [1.82, 2.24) is 0 Å². The third-order valence-electron chi connectivity index (χ3n) is 7.83. The van der Waals surface area contributed by atoms with Crippen LogP contribution in [0.4, 0.5) is 0 Å². The SMILES string of the molecule is C#CC#CC#CC#CC#CC#CC#CC#CC#CC#CC#CC#CC#CC#CC#CC#CC#CC#CC#CC#CC#CC#CC#CC#CC#CC#CC#CC#CC#CC#CC#CC#CC#CC#CC#CC#CC#CC#CC#CC#CC#CC#CC#CC#CC#CC#CC#CC#CC#CC#CC#CC#CC#CC#CC#CC#CC#CC#CC#CC#CC#CC#CC#CC#C. The maximum atomic E-state index is 4.96. The monoisotopic (exact) mass is 1540 g/mol. The summed E-state index contributed by atoms with van der Waals surface area (Å²) in [5, 5.41) is 0. The van der Waals surface area contributed by atoms with E-state index >= 15 is 0 Å². The lowest BCUT2D eigenvalue weighted by molar-refractivity contribution is 2.31. The van der Waals surface area contributed by atoms with Gasteiger partial charge in [-0.15, -0.1) is 12.8 Å². The molecule has 0 aliphatic rings. The van der Waals surface area contributed by atoms with Gasteiger partial charge in [0.2, 0.25) is 0 Å². The number of terminal acetylenes is 2. The number of hydrogen-bond donors (Lipinski definition) is 0. The van der Waals surface area contributed by atoms with Crippen molar-refractivity contribution in [3.8, 4) is 759 Å². The Morgan fingerprint density at radius 2 is 0.0625 bits per heavy atom. The van der Waals surface area contributed by atoms with Gasteiger partial charge in [-0.3, -0.25) is 0 Å². The highest BCUT2D eigenvalue weighted by molar-refractivity contribution is 5.59. The minimum absolute atomic E-state index is 2.12. The van der Waals surface area contributed by atoms with Crippen molar-refractivity contribution in [2.24, 2.45) is 0 Å². The molecule has 0 rings (SSSR count). The molecule has 0 aromatic rings. The van der Waals surface area contributed by atoms with Gasteiger partial charge in [0.15, 0.2) is 0 Å². The summed E-state index contributed by atoms with van der Waals surface area (Å²) in [5.74, 6) is 313. The van der Waals surface area contributed by atoms with Crippen LogP contribution < -0.4 is 0 Å². The normalized spacial score (nSPS) is 3.95. The Hall–Kier alpha value is -28.2.